The standard InChI is InChI=1S/C30H29NO5/c32-26(33)20-35-24-15-9-10-21(18-24)19-30(34)17-8-7-16-25(30)29-31-27(22-11-3-1-4-12-22)28(36-29)23-13-5-2-6-14-23/h1-6,9-15,18,25,34H,7-8,16-17,19-20H2,(H,32,33)/p-1. The van der Waals surface area contributed by atoms with Crippen molar-refractivity contribution in [1.82, 2.24) is 4.98 Å². The van der Waals surface area contributed by atoms with Crippen LogP contribution in [0.1, 0.15) is 43.1 Å². The van der Waals surface area contributed by atoms with Gasteiger partial charge in [-0.05, 0) is 30.5 Å². The Bertz CT molecular complexity index is 1260. The molecular formula is C30H28NO5-. The first-order chi connectivity index (χ1) is 17.5. The number of oxazole rings is 1. The highest BCUT2D eigenvalue weighted by atomic mass is 16.5. The molecule has 0 aliphatic heterocycles. The molecule has 2 atom stereocenters. The molecular weight excluding hydrogens is 454 g/mol. The van der Waals surface area contributed by atoms with Gasteiger partial charge in [-0.25, -0.2) is 4.98 Å². The van der Waals surface area contributed by atoms with Crippen molar-refractivity contribution in [1.29, 1.82) is 0 Å². The number of aliphatic carboxylic acids is 1. The van der Waals surface area contributed by atoms with Crippen molar-refractivity contribution >= 4 is 5.97 Å². The van der Waals surface area contributed by atoms with Crippen molar-refractivity contribution in [2.75, 3.05) is 6.61 Å². The monoisotopic (exact) mass is 482 g/mol. The fraction of sp³-hybridized carbons (Fsp3) is 0.267. The van der Waals surface area contributed by atoms with Gasteiger partial charge in [-0.1, -0.05) is 85.6 Å². The van der Waals surface area contributed by atoms with Crippen LogP contribution in [0.4, 0.5) is 0 Å². The van der Waals surface area contributed by atoms with Crippen LogP contribution in [0.5, 0.6) is 5.75 Å². The topological polar surface area (TPSA) is 95.6 Å². The number of carbonyl (C=O) groups is 1. The Kier molecular flexibility index (Phi) is 6.87. The van der Waals surface area contributed by atoms with E-state index >= 15 is 0 Å². The highest BCUT2D eigenvalue weighted by Crippen LogP contribution is 2.45. The number of aromatic nitrogens is 1. The molecule has 184 valence electrons. The maximum Gasteiger partial charge on any atom is 0.201 e. The molecule has 5 rings (SSSR count). The predicted molar refractivity (Wildman–Crippen MR) is 134 cm³/mol. The molecule has 1 fully saturated rings. The van der Waals surface area contributed by atoms with E-state index in [0.29, 0.717) is 30.2 Å². The first-order valence-corrected chi connectivity index (χ1v) is 12.3. The normalized spacial score (nSPS) is 19.6. The third-order valence-electron chi connectivity index (χ3n) is 6.79. The van der Waals surface area contributed by atoms with Gasteiger partial charge in [0.25, 0.3) is 0 Å². The van der Waals surface area contributed by atoms with Crippen LogP contribution in [-0.4, -0.2) is 28.3 Å². The highest BCUT2D eigenvalue weighted by Gasteiger charge is 2.43. The average Bonchev–Trinajstić information content (AvgIpc) is 3.34. The van der Waals surface area contributed by atoms with E-state index in [4.69, 9.17) is 14.1 Å². The molecule has 0 radical (unpaired) electrons. The molecule has 0 bridgehead atoms. The molecule has 1 heterocycles. The third-order valence-corrected chi connectivity index (χ3v) is 6.79. The molecule has 1 saturated carbocycles. The molecule has 0 spiro atoms. The molecule has 6 heteroatoms. The minimum atomic E-state index is -1.28. The molecule has 1 aliphatic rings. The van der Waals surface area contributed by atoms with Gasteiger partial charge in [0.2, 0.25) is 5.89 Å². The van der Waals surface area contributed by atoms with E-state index in [2.05, 4.69) is 0 Å². The Morgan fingerprint density at radius 2 is 1.72 bits per heavy atom. The second-order valence-corrected chi connectivity index (χ2v) is 9.35. The summed E-state index contributed by atoms with van der Waals surface area (Å²) in [5.74, 6) is 0.112. The lowest BCUT2D eigenvalue weighted by Crippen LogP contribution is -2.41. The number of nitrogens with zero attached hydrogens (tertiary/aromatic N) is 1. The summed E-state index contributed by atoms with van der Waals surface area (Å²) in [7, 11) is 0. The maximum atomic E-state index is 11.9. The minimum Gasteiger partial charge on any atom is -0.546 e. The molecule has 1 aromatic heterocycles. The van der Waals surface area contributed by atoms with Gasteiger partial charge in [0.05, 0.1) is 17.5 Å². The number of rotatable bonds is 8. The fourth-order valence-electron chi connectivity index (χ4n) is 5.09. The van der Waals surface area contributed by atoms with Crippen molar-refractivity contribution in [2.24, 2.45) is 0 Å². The van der Waals surface area contributed by atoms with Crippen molar-refractivity contribution < 1.29 is 24.2 Å². The summed E-state index contributed by atoms with van der Waals surface area (Å²) in [6.07, 6.45) is 3.65. The van der Waals surface area contributed by atoms with Crippen LogP contribution in [0.15, 0.2) is 89.3 Å². The molecule has 1 aliphatic carbocycles. The number of hydrogen-bond acceptors (Lipinski definition) is 6. The Labute approximate surface area is 210 Å². The molecule has 4 aromatic rings. The molecule has 3 aromatic carbocycles. The minimum absolute atomic E-state index is 0.279. The lowest BCUT2D eigenvalue weighted by molar-refractivity contribution is -0.307. The van der Waals surface area contributed by atoms with Gasteiger partial charge in [-0.15, -0.1) is 0 Å². The van der Waals surface area contributed by atoms with Crippen LogP contribution in [0.2, 0.25) is 0 Å². The van der Waals surface area contributed by atoms with E-state index in [1.54, 1.807) is 18.2 Å². The second-order valence-electron chi connectivity index (χ2n) is 9.35. The van der Waals surface area contributed by atoms with Gasteiger partial charge in [0.15, 0.2) is 5.76 Å². The summed E-state index contributed by atoms with van der Waals surface area (Å²) >= 11 is 0. The lowest BCUT2D eigenvalue weighted by Gasteiger charge is -2.38. The van der Waals surface area contributed by atoms with Crippen molar-refractivity contribution in [3.05, 3.63) is 96.4 Å². The summed E-state index contributed by atoms with van der Waals surface area (Å²) in [6.45, 7) is -0.517. The van der Waals surface area contributed by atoms with Crippen LogP contribution in [0.25, 0.3) is 22.6 Å². The van der Waals surface area contributed by atoms with Crippen molar-refractivity contribution in [3.8, 4) is 28.3 Å². The average molecular weight is 483 g/mol. The molecule has 6 nitrogen and oxygen atoms in total. The maximum absolute atomic E-state index is 11.9. The van der Waals surface area contributed by atoms with Crippen LogP contribution in [-0.2, 0) is 11.2 Å². The second kappa shape index (κ2) is 10.4. The van der Waals surface area contributed by atoms with Crippen LogP contribution < -0.4 is 9.84 Å². The summed E-state index contributed by atoms with van der Waals surface area (Å²) in [5, 5.41) is 22.7. The summed E-state index contributed by atoms with van der Waals surface area (Å²) in [4.78, 5) is 15.7. The molecule has 1 N–H and O–H groups in total. The van der Waals surface area contributed by atoms with Gasteiger partial charge >= 0.3 is 0 Å². The van der Waals surface area contributed by atoms with Gasteiger partial charge in [0.1, 0.15) is 18.1 Å². The van der Waals surface area contributed by atoms with Crippen LogP contribution in [0.3, 0.4) is 0 Å². The van der Waals surface area contributed by atoms with Crippen LogP contribution >= 0.6 is 0 Å². The first kappa shape index (κ1) is 23.8. The molecule has 0 amide bonds. The number of ether oxygens (including phenoxy) is 1. The molecule has 0 saturated heterocycles. The zero-order chi connectivity index (χ0) is 25.0. The van der Waals surface area contributed by atoms with Gasteiger partial charge in [-0.3, -0.25) is 0 Å². The van der Waals surface area contributed by atoms with E-state index in [9.17, 15) is 15.0 Å². The Hall–Kier alpha value is -3.90. The fourth-order valence-corrected chi connectivity index (χ4v) is 5.09. The van der Waals surface area contributed by atoms with Crippen LogP contribution in [0, 0.1) is 0 Å². The van der Waals surface area contributed by atoms with Crippen molar-refractivity contribution in [3.63, 3.8) is 0 Å². The number of carbonyl (C=O) groups excluding carboxylic acids is 1. The molecule has 2 unspecified atom stereocenters. The van der Waals surface area contributed by atoms with E-state index in [1.165, 1.54) is 0 Å². The zero-order valence-corrected chi connectivity index (χ0v) is 19.9. The van der Waals surface area contributed by atoms with Gasteiger partial charge in [-0.2, -0.15) is 0 Å². The summed E-state index contributed by atoms with van der Waals surface area (Å²) in [6, 6.07) is 27.0. The lowest BCUT2D eigenvalue weighted by atomic mass is 9.72. The Morgan fingerprint density at radius 3 is 2.44 bits per heavy atom. The summed E-state index contributed by atoms with van der Waals surface area (Å²) < 4.78 is 11.7. The first-order valence-electron chi connectivity index (χ1n) is 12.3. The van der Waals surface area contributed by atoms with E-state index in [-0.39, 0.29) is 5.92 Å². The SMILES string of the molecule is O=C([O-])COc1cccc(CC2(O)CCCCC2c2nc(-c3ccccc3)c(-c3ccccc3)o2)c1. The largest absolute Gasteiger partial charge is 0.546 e. The Balaban J connectivity index is 1.49. The number of aliphatic hydroxyl groups is 1. The predicted octanol–water partition coefficient (Wildman–Crippen LogP) is 4.77. The van der Waals surface area contributed by atoms with Crippen molar-refractivity contribution in [2.45, 2.75) is 43.6 Å². The number of carboxylic acids is 1. The zero-order valence-electron chi connectivity index (χ0n) is 19.9. The van der Waals surface area contributed by atoms with E-state index in [0.717, 1.165) is 41.6 Å². The number of carboxylic acid groups (broad SMARTS) is 1. The smallest absolute Gasteiger partial charge is 0.201 e. The van der Waals surface area contributed by atoms with E-state index < -0.39 is 18.2 Å². The van der Waals surface area contributed by atoms with E-state index in [1.807, 2.05) is 66.7 Å². The number of benzene rings is 3. The van der Waals surface area contributed by atoms with Gasteiger partial charge < -0.3 is 24.2 Å². The Morgan fingerprint density at radius 1 is 1.00 bits per heavy atom. The molecule has 36 heavy (non-hydrogen) atoms. The van der Waals surface area contributed by atoms with Gasteiger partial charge in [0, 0.05) is 17.5 Å². The number of hydrogen-bond donors (Lipinski definition) is 1. The third kappa shape index (κ3) is 5.19. The highest BCUT2D eigenvalue weighted by molar-refractivity contribution is 5.76. The quantitative estimate of drug-likeness (QED) is 0.389. The summed E-state index contributed by atoms with van der Waals surface area (Å²) in [5.41, 5.74) is 2.47.